The molecule has 0 spiro atoms. The predicted octanol–water partition coefficient (Wildman–Crippen LogP) is 5.58. The maximum Gasteiger partial charge on any atom is 0.304 e. The minimum absolute atomic E-state index is 0.144. The van der Waals surface area contributed by atoms with Gasteiger partial charge in [0, 0.05) is 29.0 Å². The highest BCUT2D eigenvalue weighted by Gasteiger charge is 2.46. The van der Waals surface area contributed by atoms with E-state index in [0.717, 1.165) is 11.1 Å². The smallest absolute Gasteiger partial charge is 0.304 e. The summed E-state index contributed by atoms with van der Waals surface area (Å²) < 4.78 is 10.9. The number of carbonyl (C=O) groups is 2. The van der Waals surface area contributed by atoms with Gasteiger partial charge in [-0.1, -0.05) is 54.4 Å². The third-order valence-electron chi connectivity index (χ3n) is 6.34. The van der Waals surface area contributed by atoms with Crippen LogP contribution in [-0.2, 0) is 19.1 Å². The Hall–Kier alpha value is -2.12. The fourth-order valence-electron chi connectivity index (χ4n) is 4.73. The summed E-state index contributed by atoms with van der Waals surface area (Å²) in [4.78, 5) is 27.3. The molecule has 184 valence electrons. The third-order valence-corrected chi connectivity index (χ3v) is 6.83. The summed E-state index contributed by atoms with van der Waals surface area (Å²) in [5, 5.41) is 10.7. The molecular weight excluding hydrogens is 477 g/mol. The zero-order chi connectivity index (χ0) is 24.7. The van der Waals surface area contributed by atoms with E-state index in [9.17, 15) is 14.7 Å². The first-order valence-corrected chi connectivity index (χ1v) is 12.2. The van der Waals surface area contributed by atoms with E-state index in [-0.39, 0.29) is 30.3 Å². The Labute approximate surface area is 210 Å². The summed E-state index contributed by atoms with van der Waals surface area (Å²) in [6.07, 6.45) is 0.849. The lowest BCUT2D eigenvalue weighted by molar-refractivity contribution is -0.154. The normalized spacial score (nSPS) is 21.5. The number of likely N-dealkylation sites (tertiary alicyclic amines) is 1. The maximum absolute atomic E-state index is 13.8. The van der Waals surface area contributed by atoms with Crippen LogP contribution in [0.4, 0.5) is 0 Å². The lowest BCUT2D eigenvalue weighted by Crippen LogP contribution is -2.53. The highest BCUT2D eigenvalue weighted by molar-refractivity contribution is 6.30. The minimum atomic E-state index is -0.988. The molecule has 0 aromatic heterocycles. The summed E-state index contributed by atoms with van der Waals surface area (Å²) in [5.74, 6) is -1.94. The summed E-state index contributed by atoms with van der Waals surface area (Å²) in [7, 11) is 1.61. The summed E-state index contributed by atoms with van der Waals surface area (Å²) in [5.41, 5.74) is 1.90. The largest absolute Gasteiger partial charge is 0.481 e. The van der Waals surface area contributed by atoms with E-state index in [0.29, 0.717) is 42.7 Å². The number of halogens is 2. The van der Waals surface area contributed by atoms with Crippen molar-refractivity contribution in [2.24, 2.45) is 5.92 Å². The Kier molecular flexibility index (Phi) is 9.77. The average Bonchev–Trinajstić information content (AvgIpc) is 2.81. The number of methoxy groups -OCH3 is 1. The molecule has 6 nitrogen and oxygen atoms in total. The van der Waals surface area contributed by atoms with E-state index in [1.54, 1.807) is 13.2 Å². The lowest BCUT2D eigenvalue weighted by Gasteiger charge is -2.48. The van der Waals surface area contributed by atoms with E-state index in [2.05, 4.69) is 0 Å². The van der Waals surface area contributed by atoms with E-state index in [1.807, 2.05) is 54.3 Å². The van der Waals surface area contributed by atoms with E-state index >= 15 is 0 Å². The number of aliphatic carboxylic acids is 1. The van der Waals surface area contributed by atoms with Crippen LogP contribution in [0, 0.1) is 5.92 Å². The quantitative estimate of drug-likeness (QED) is 0.401. The molecule has 1 heterocycles. The highest BCUT2D eigenvalue weighted by Crippen LogP contribution is 2.47. The Morgan fingerprint density at radius 3 is 2.47 bits per heavy atom. The maximum atomic E-state index is 13.8. The molecule has 0 saturated carbocycles. The zero-order valence-corrected chi connectivity index (χ0v) is 21.0. The van der Waals surface area contributed by atoms with E-state index in [4.69, 9.17) is 32.7 Å². The van der Waals surface area contributed by atoms with Gasteiger partial charge in [-0.05, 0) is 48.2 Å². The van der Waals surface area contributed by atoms with Gasteiger partial charge in [-0.15, -0.1) is 0 Å². The zero-order valence-electron chi connectivity index (χ0n) is 19.5. The number of rotatable bonds is 11. The fraction of sp³-hybridized carbons (Fsp3) is 0.462. The first kappa shape index (κ1) is 26.5. The van der Waals surface area contributed by atoms with Crippen LogP contribution in [0.25, 0.3) is 0 Å². The van der Waals surface area contributed by atoms with Crippen molar-refractivity contribution in [3.05, 3.63) is 69.7 Å². The van der Waals surface area contributed by atoms with Crippen LogP contribution in [0.3, 0.4) is 0 Å². The number of nitrogens with zero attached hydrogens (tertiary/aromatic N) is 1. The third kappa shape index (κ3) is 6.51. The molecule has 1 aliphatic rings. The summed E-state index contributed by atoms with van der Waals surface area (Å²) in [6, 6.07) is 14.5. The van der Waals surface area contributed by atoms with Gasteiger partial charge in [0.05, 0.1) is 38.3 Å². The van der Waals surface area contributed by atoms with Crippen LogP contribution in [0.5, 0.6) is 0 Å². The van der Waals surface area contributed by atoms with Gasteiger partial charge in [0.1, 0.15) is 0 Å². The van der Waals surface area contributed by atoms with Crippen LogP contribution in [0.1, 0.15) is 49.3 Å². The standard InChI is InChI=1S/C26H31Cl2NO5/c1-3-22(16-34-12-11-33-2)29-25(17-7-9-20(27)10-8-17)23(18-5-4-6-21(28)13-18)14-19(26(29)32)15-24(30)31/h4-10,13,19,22-23,25H,3,11-12,14-16H2,1-2H3,(H,30,31)/t19?,22?,23-,25?/m1/s1. The number of piperidine rings is 1. The molecule has 3 unspecified atom stereocenters. The van der Waals surface area contributed by atoms with Gasteiger partial charge in [0.2, 0.25) is 5.91 Å². The Balaban J connectivity index is 2.09. The van der Waals surface area contributed by atoms with Crippen molar-refractivity contribution in [1.29, 1.82) is 0 Å². The molecule has 1 N–H and O–H groups in total. The number of carboxylic acids is 1. The molecule has 0 aliphatic carbocycles. The number of hydrogen-bond donors (Lipinski definition) is 1. The van der Waals surface area contributed by atoms with Gasteiger partial charge in [-0.3, -0.25) is 9.59 Å². The molecule has 0 bridgehead atoms. The topological polar surface area (TPSA) is 76.1 Å². The molecule has 1 saturated heterocycles. The van der Waals surface area contributed by atoms with Crippen molar-refractivity contribution in [2.45, 2.75) is 44.2 Å². The van der Waals surface area contributed by atoms with E-state index in [1.165, 1.54) is 0 Å². The molecule has 8 heteroatoms. The SMILES string of the molecule is CCC(COCCOC)N1C(=O)C(CC(=O)O)C[C@H](c2cccc(Cl)c2)C1c1ccc(Cl)cc1. The van der Waals surface area contributed by atoms with Crippen molar-refractivity contribution in [1.82, 2.24) is 4.90 Å². The van der Waals surface area contributed by atoms with Crippen LogP contribution in [0.15, 0.2) is 48.5 Å². The molecular formula is C26H31Cl2NO5. The number of hydrogen-bond acceptors (Lipinski definition) is 4. The Morgan fingerprint density at radius 1 is 1.12 bits per heavy atom. The molecule has 0 radical (unpaired) electrons. The van der Waals surface area contributed by atoms with Crippen molar-refractivity contribution in [2.75, 3.05) is 26.9 Å². The van der Waals surface area contributed by atoms with Crippen molar-refractivity contribution >= 4 is 35.1 Å². The van der Waals surface area contributed by atoms with Crippen LogP contribution < -0.4 is 0 Å². The minimum Gasteiger partial charge on any atom is -0.481 e. The van der Waals surface area contributed by atoms with Crippen LogP contribution in [-0.4, -0.2) is 54.9 Å². The molecule has 1 aliphatic heterocycles. The van der Waals surface area contributed by atoms with Gasteiger partial charge < -0.3 is 19.5 Å². The van der Waals surface area contributed by atoms with Gasteiger partial charge in [-0.25, -0.2) is 0 Å². The van der Waals surface area contributed by atoms with Gasteiger partial charge in [-0.2, -0.15) is 0 Å². The second kappa shape index (κ2) is 12.5. The monoisotopic (exact) mass is 507 g/mol. The van der Waals surface area contributed by atoms with Gasteiger partial charge in [0.15, 0.2) is 0 Å². The van der Waals surface area contributed by atoms with Crippen molar-refractivity contribution in [3.8, 4) is 0 Å². The second-order valence-corrected chi connectivity index (χ2v) is 9.44. The summed E-state index contributed by atoms with van der Waals surface area (Å²) in [6.45, 7) is 3.21. The molecule has 2 aromatic rings. The molecule has 4 atom stereocenters. The summed E-state index contributed by atoms with van der Waals surface area (Å²) >= 11 is 12.5. The molecule has 3 rings (SSSR count). The highest BCUT2D eigenvalue weighted by atomic mass is 35.5. The number of carbonyl (C=O) groups excluding carboxylic acids is 1. The van der Waals surface area contributed by atoms with Crippen molar-refractivity contribution in [3.63, 3.8) is 0 Å². The predicted molar refractivity (Wildman–Crippen MR) is 132 cm³/mol. The van der Waals surface area contributed by atoms with Crippen LogP contribution >= 0.6 is 23.2 Å². The first-order valence-electron chi connectivity index (χ1n) is 11.5. The van der Waals surface area contributed by atoms with Crippen LogP contribution in [0.2, 0.25) is 10.0 Å². The Bertz CT molecular complexity index is 968. The number of carboxylic acid groups (broad SMARTS) is 1. The van der Waals surface area contributed by atoms with Gasteiger partial charge in [0.25, 0.3) is 0 Å². The number of benzene rings is 2. The first-order chi connectivity index (χ1) is 16.3. The fourth-order valence-corrected chi connectivity index (χ4v) is 5.06. The molecule has 1 amide bonds. The lowest BCUT2D eigenvalue weighted by atomic mass is 9.74. The van der Waals surface area contributed by atoms with Gasteiger partial charge >= 0.3 is 5.97 Å². The Morgan fingerprint density at radius 2 is 1.85 bits per heavy atom. The molecule has 2 aromatic carbocycles. The molecule has 34 heavy (non-hydrogen) atoms. The number of amides is 1. The van der Waals surface area contributed by atoms with Crippen molar-refractivity contribution < 1.29 is 24.2 Å². The average molecular weight is 508 g/mol. The second-order valence-electron chi connectivity index (χ2n) is 8.56. The van der Waals surface area contributed by atoms with E-state index < -0.39 is 11.9 Å². The number of ether oxygens (including phenoxy) is 2. The molecule has 1 fully saturated rings.